The molecule has 0 aromatic heterocycles. The number of nitrogens with one attached hydrogen (secondary N) is 2. The summed E-state index contributed by atoms with van der Waals surface area (Å²) in [5.41, 5.74) is 0. The molecule has 0 amide bonds. The van der Waals surface area contributed by atoms with Crippen molar-refractivity contribution in [2.75, 3.05) is 45.4 Å². The van der Waals surface area contributed by atoms with E-state index in [2.05, 4.69) is 29.5 Å². The predicted octanol–water partition coefficient (Wildman–Crippen LogP) is 0.259. The molecule has 0 saturated carbocycles. The minimum absolute atomic E-state index is 0.0639. The Balaban J connectivity index is 3.57. The number of nitrogens with zero attached hydrogens (tertiary/aromatic N) is 1. The third kappa shape index (κ3) is 13.4. The molecule has 0 aliphatic rings. The summed E-state index contributed by atoms with van der Waals surface area (Å²) in [6, 6.07) is 0. The zero-order valence-corrected chi connectivity index (χ0v) is 13.2. The maximum Gasteiger partial charge on any atom is 0.191 e. The largest absolute Gasteiger partial charge is 0.379 e. The summed E-state index contributed by atoms with van der Waals surface area (Å²) in [4.78, 5) is 4.08. The van der Waals surface area contributed by atoms with Crippen molar-refractivity contribution in [1.82, 2.24) is 10.6 Å². The Morgan fingerprint density at radius 1 is 1.21 bits per heavy atom. The van der Waals surface area contributed by atoms with Crippen LogP contribution in [-0.4, -0.2) is 59.7 Å². The van der Waals surface area contributed by atoms with Gasteiger partial charge in [-0.3, -0.25) is 4.99 Å². The fourth-order valence-electron chi connectivity index (χ4n) is 1.25. The summed E-state index contributed by atoms with van der Waals surface area (Å²) >= 11 is 0. The van der Waals surface area contributed by atoms with Gasteiger partial charge >= 0.3 is 0 Å². The van der Waals surface area contributed by atoms with Gasteiger partial charge in [0.2, 0.25) is 0 Å². The van der Waals surface area contributed by atoms with Crippen LogP contribution in [0.4, 0.5) is 0 Å². The third-order valence-corrected chi connectivity index (χ3v) is 3.28. The van der Waals surface area contributed by atoms with Crippen LogP contribution >= 0.6 is 0 Å². The van der Waals surface area contributed by atoms with E-state index in [-0.39, 0.29) is 12.4 Å². The first kappa shape index (κ1) is 18.2. The van der Waals surface area contributed by atoms with Crippen LogP contribution in [0.15, 0.2) is 4.99 Å². The van der Waals surface area contributed by atoms with Crippen LogP contribution in [0.3, 0.4) is 0 Å². The molecule has 0 aromatic carbocycles. The fourth-order valence-corrected chi connectivity index (χ4v) is 1.67. The minimum Gasteiger partial charge on any atom is -0.379 e. The summed E-state index contributed by atoms with van der Waals surface area (Å²) in [6.45, 7) is 6.53. The standard InChI is InChI=1S/C12H27N3O3S/c1-11(2)5-6-14-12(13-3)15-7-8-18-9-10-19(4,16)17/h11H,5-10H2,1-4H3,(H2,13,14,15). The fraction of sp³-hybridized carbons (Fsp3) is 0.917. The van der Waals surface area contributed by atoms with Gasteiger partial charge < -0.3 is 15.4 Å². The third-order valence-electron chi connectivity index (χ3n) is 2.38. The van der Waals surface area contributed by atoms with Crippen LogP contribution in [0.5, 0.6) is 0 Å². The molecule has 0 saturated heterocycles. The monoisotopic (exact) mass is 293 g/mol. The molecule has 114 valence electrons. The molecule has 0 aliphatic heterocycles. The molecular formula is C12H27N3O3S. The molecular weight excluding hydrogens is 266 g/mol. The van der Waals surface area contributed by atoms with Crippen molar-refractivity contribution in [1.29, 1.82) is 0 Å². The molecule has 0 aromatic rings. The summed E-state index contributed by atoms with van der Waals surface area (Å²) in [5, 5.41) is 6.31. The first-order valence-electron chi connectivity index (χ1n) is 6.55. The van der Waals surface area contributed by atoms with E-state index >= 15 is 0 Å². The van der Waals surface area contributed by atoms with E-state index in [0.29, 0.717) is 19.1 Å². The molecule has 0 rings (SSSR count). The Bertz CT molecular complexity index is 353. The van der Waals surface area contributed by atoms with Gasteiger partial charge in [0, 0.05) is 26.4 Å². The second-order valence-electron chi connectivity index (χ2n) is 4.85. The van der Waals surface area contributed by atoms with Crippen molar-refractivity contribution < 1.29 is 13.2 Å². The number of rotatable bonds is 9. The highest BCUT2D eigenvalue weighted by Crippen LogP contribution is 1.95. The van der Waals surface area contributed by atoms with E-state index < -0.39 is 9.84 Å². The SMILES string of the molecule is CN=C(NCCOCCS(C)(=O)=O)NCCC(C)C. The highest BCUT2D eigenvalue weighted by atomic mass is 32.2. The van der Waals surface area contributed by atoms with Gasteiger partial charge in [-0.1, -0.05) is 13.8 Å². The molecule has 19 heavy (non-hydrogen) atoms. The molecule has 0 fully saturated rings. The van der Waals surface area contributed by atoms with E-state index in [0.717, 1.165) is 18.9 Å². The van der Waals surface area contributed by atoms with Crippen molar-refractivity contribution in [3.8, 4) is 0 Å². The van der Waals surface area contributed by atoms with Gasteiger partial charge in [-0.2, -0.15) is 0 Å². The van der Waals surface area contributed by atoms with E-state index in [1.807, 2.05) is 0 Å². The van der Waals surface area contributed by atoms with Gasteiger partial charge in [-0.15, -0.1) is 0 Å². The lowest BCUT2D eigenvalue weighted by Crippen LogP contribution is -2.39. The molecule has 0 spiro atoms. The molecule has 0 bridgehead atoms. The molecule has 6 nitrogen and oxygen atoms in total. The number of hydrogen-bond donors (Lipinski definition) is 2. The number of guanidine groups is 1. The quantitative estimate of drug-likeness (QED) is 0.362. The van der Waals surface area contributed by atoms with Crippen LogP contribution < -0.4 is 10.6 Å². The highest BCUT2D eigenvalue weighted by Gasteiger charge is 2.01. The zero-order chi connectivity index (χ0) is 14.7. The lowest BCUT2D eigenvalue weighted by Gasteiger charge is -2.12. The molecule has 0 atom stereocenters. The van der Waals surface area contributed by atoms with Crippen LogP contribution in [0.1, 0.15) is 20.3 Å². The number of ether oxygens (including phenoxy) is 1. The Kier molecular flexibility index (Phi) is 9.59. The molecule has 2 N–H and O–H groups in total. The normalized spacial score (nSPS) is 12.8. The number of aliphatic imine (C=N–C) groups is 1. The summed E-state index contributed by atoms with van der Waals surface area (Å²) in [7, 11) is -1.22. The Hall–Kier alpha value is -0.820. The second kappa shape index (κ2) is 10.0. The van der Waals surface area contributed by atoms with Crippen molar-refractivity contribution in [2.45, 2.75) is 20.3 Å². The lowest BCUT2D eigenvalue weighted by molar-refractivity contribution is 0.154. The molecule has 0 heterocycles. The highest BCUT2D eigenvalue weighted by molar-refractivity contribution is 7.90. The van der Waals surface area contributed by atoms with Crippen LogP contribution in [0.25, 0.3) is 0 Å². The molecule has 0 aliphatic carbocycles. The van der Waals surface area contributed by atoms with Crippen molar-refractivity contribution in [3.63, 3.8) is 0 Å². The average Bonchev–Trinajstić information content (AvgIpc) is 2.29. The first-order chi connectivity index (χ1) is 8.85. The van der Waals surface area contributed by atoms with Gasteiger partial charge in [-0.05, 0) is 12.3 Å². The minimum atomic E-state index is -2.93. The van der Waals surface area contributed by atoms with Crippen molar-refractivity contribution in [2.24, 2.45) is 10.9 Å². The average molecular weight is 293 g/mol. The van der Waals surface area contributed by atoms with Gasteiger partial charge in [0.05, 0.1) is 19.0 Å². The van der Waals surface area contributed by atoms with E-state index in [9.17, 15) is 8.42 Å². The number of sulfone groups is 1. The zero-order valence-electron chi connectivity index (χ0n) is 12.4. The van der Waals surface area contributed by atoms with E-state index in [4.69, 9.17) is 4.74 Å². The molecule has 0 radical (unpaired) electrons. The van der Waals surface area contributed by atoms with Crippen molar-refractivity contribution in [3.05, 3.63) is 0 Å². The molecule has 0 unspecified atom stereocenters. The maximum atomic E-state index is 10.9. The Morgan fingerprint density at radius 3 is 2.37 bits per heavy atom. The summed E-state index contributed by atoms with van der Waals surface area (Å²) < 4.78 is 27.0. The lowest BCUT2D eigenvalue weighted by atomic mass is 10.1. The van der Waals surface area contributed by atoms with Gasteiger partial charge in [-0.25, -0.2) is 8.42 Å². The van der Waals surface area contributed by atoms with Crippen LogP contribution in [0, 0.1) is 5.92 Å². The smallest absolute Gasteiger partial charge is 0.191 e. The first-order valence-corrected chi connectivity index (χ1v) is 8.61. The predicted molar refractivity (Wildman–Crippen MR) is 79.3 cm³/mol. The Morgan fingerprint density at radius 2 is 1.84 bits per heavy atom. The maximum absolute atomic E-state index is 10.9. The van der Waals surface area contributed by atoms with Crippen LogP contribution in [0.2, 0.25) is 0 Å². The van der Waals surface area contributed by atoms with Crippen molar-refractivity contribution >= 4 is 15.8 Å². The molecule has 7 heteroatoms. The van der Waals surface area contributed by atoms with Gasteiger partial charge in [0.15, 0.2) is 5.96 Å². The van der Waals surface area contributed by atoms with Gasteiger partial charge in [0.1, 0.15) is 9.84 Å². The topological polar surface area (TPSA) is 79.8 Å². The second-order valence-corrected chi connectivity index (χ2v) is 7.11. The number of hydrogen-bond acceptors (Lipinski definition) is 4. The van der Waals surface area contributed by atoms with Gasteiger partial charge in [0.25, 0.3) is 0 Å². The van der Waals surface area contributed by atoms with E-state index in [1.165, 1.54) is 6.26 Å². The summed E-state index contributed by atoms with van der Waals surface area (Å²) in [5.74, 6) is 1.46. The van der Waals surface area contributed by atoms with Crippen LogP contribution in [-0.2, 0) is 14.6 Å². The van der Waals surface area contributed by atoms with E-state index in [1.54, 1.807) is 7.05 Å². The summed E-state index contributed by atoms with van der Waals surface area (Å²) in [6.07, 6.45) is 2.29. The Labute approximate surface area is 116 Å².